The minimum Gasteiger partial charge on any atom is -0.390 e. The molecule has 2 aliphatic heterocycles. The minimum absolute atomic E-state index is 0.0395. The van der Waals surface area contributed by atoms with E-state index in [0.29, 0.717) is 19.6 Å². The maximum atomic E-state index is 15.2. The molecule has 11 amide bonds. The van der Waals surface area contributed by atoms with Gasteiger partial charge in [0.15, 0.2) is 0 Å². The third-order valence-electron chi connectivity index (χ3n) is 18.7. The first-order chi connectivity index (χ1) is 45.4. The molecule has 562 valence electrons. The molecule has 98 heavy (non-hydrogen) atoms. The van der Waals surface area contributed by atoms with Gasteiger partial charge >= 0.3 is 0 Å². The molecule has 2 heterocycles. The van der Waals surface area contributed by atoms with Crippen LogP contribution in [0.1, 0.15) is 176 Å². The molecule has 0 unspecified atom stereocenters. The molecule has 0 radical (unpaired) electrons. The first-order valence-corrected chi connectivity index (χ1v) is 35.5. The minimum atomic E-state index is -1.75. The van der Waals surface area contributed by atoms with Crippen molar-refractivity contribution >= 4 is 65.0 Å². The van der Waals surface area contributed by atoms with Gasteiger partial charge in [-0.05, 0) is 135 Å². The van der Waals surface area contributed by atoms with Crippen LogP contribution in [0.4, 0.5) is 0 Å². The number of nitrogens with one attached hydrogen (secondary N) is 5. The van der Waals surface area contributed by atoms with Crippen LogP contribution in [-0.2, 0) is 62.2 Å². The number of nitrogens with zero attached hydrogens (tertiary/aromatic N) is 7. The second-order valence-electron chi connectivity index (χ2n) is 30.0. The van der Waals surface area contributed by atoms with Gasteiger partial charge in [-0.3, -0.25) is 57.6 Å². The lowest BCUT2D eigenvalue weighted by molar-refractivity contribution is -0.154. The van der Waals surface area contributed by atoms with Crippen LogP contribution < -0.4 is 26.6 Å². The van der Waals surface area contributed by atoms with Gasteiger partial charge in [0, 0.05) is 62.0 Å². The highest BCUT2D eigenvalue weighted by molar-refractivity contribution is 6.00. The van der Waals surface area contributed by atoms with Gasteiger partial charge in [-0.2, -0.15) is 0 Å². The molecule has 2 fully saturated rings. The molecule has 0 spiro atoms. The number of amides is 11. The smallest absolute Gasteiger partial charge is 0.246 e. The molecule has 0 aromatic rings. The SMILES string of the molecule is CC[C@@H]1NC(=O)[C@H]([C@H](O)[C@H](C)C/C=C/CC(C)(C)O)NC(=O)[C@H](C(C)C)N(C)C(=O)[C@H](CC(C)C)N(C)C(=O)[C@H](CC(C)C)N(C)C(=O)[C@@H](C)NC(=O)[C@H](C)NC(=O)[C@H](CC(C)C)N(C)C(=O)[C@H](C(C)C)NC(=O)[C@H]([C@@H](C)OCCCCN2CCOCC2)N(C)C(=O)[C@@H](C)N(C)C1=O. The molecule has 2 rings (SSSR count). The summed E-state index contributed by atoms with van der Waals surface area (Å²) >= 11 is 0. The van der Waals surface area contributed by atoms with Gasteiger partial charge in [0.2, 0.25) is 65.0 Å². The van der Waals surface area contributed by atoms with Crippen LogP contribution in [0.3, 0.4) is 0 Å². The summed E-state index contributed by atoms with van der Waals surface area (Å²) in [4.78, 5) is 173. The third-order valence-corrected chi connectivity index (χ3v) is 18.7. The number of allylic oxidation sites excluding steroid dienone is 1. The second-order valence-corrected chi connectivity index (χ2v) is 30.0. The Labute approximate surface area is 585 Å². The largest absolute Gasteiger partial charge is 0.390 e. The van der Waals surface area contributed by atoms with E-state index in [0.717, 1.165) is 35.9 Å². The van der Waals surface area contributed by atoms with E-state index in [2.05, 4.69) is 31.5 Å². The number of unbranched alkanes of at least 4 members (excludes halogenated alkanes) is 1. The fourth-order valence-corrected chi connectivity index (χ4v) is 12.3. The molecular weight excluding hydrogens is 1260 g/mol. The predicted molar refractivity (Wildman–Crippen MR) is 376 cm³/mol. The predicted octanol–water partition coefficient (Wildman–Crippen LogP) is 2.93. The third kappa shape index (κ3) is 26.3. The van der Waals surface area contributed by atoms with Crippen LogP contribution in [0.15, 0.2) is 12.2 Å². The van der Waals surface area contributed by atoms with Crippen molar-refractivity contribution in [3.63, 3.8) is 0 Å². The Balaban J connectivity index is 3.00. The van der Waals surface area contributed by atoms with Crippen molar-refractivity contribution < 1.29 is 72.4 Å². The Hall–Kier alpha value is -6.29. The summed E-state index contributed by atoms with van der Waals surface area (Å²) in [5.74, 6) is -10.6. The summed E-state index contributed by atoms with van der Waals surface area (Å²) in [6, 6.07) is -14.5. The van der Waals surface area contributed by atoms with Crippen molar-refractivity contribution in [1.82, 2.24) is 60.9 Å². The van der Waals surface area contributed by atoms with Gasteiger partial charge in [0.25, 0.3) is 0 Å². The normalized spacial score (nSPS) is 27.2. The monoisotopic (exact) mass is 1390 g/mol. The maximum Gasteiger partial charge on any atom is 0.246 e. The van der Waals surface area contributed by atoms with Crippen LogP contribution in [0.5, 0.6) is 0 Å². The maximum absolute atomic E-state index is 15.2. The number of morpholine rings is 1. The average Bonchev–Trinajstić information content (AvgIpc) is 0.816. The molecule has 27 nitrogen and oxygen atoms in total. The second kappa shape index (κ2) is 40.8. The first kappa shape index (κ1) is 87.8. The molecule has 0 aliphatic carbocycles. The van der Waals surface area contributed by atoms with Crippen molar-refractivity contribution in [2.45, 2.75) is 260 Å². The van der Waals surface area contributed by atoms with Crippen LogP contribution in [0, 0.1) is 35.5 Å². The highest BCUT2D eigenvalue weighted by Gasteiger charge is 2.45. The van der Waals surface area contributed by atoms with Crippen molar-refractivity contribution in [1.29, 1.82) is 0 Å². The Morgan fingerprint density at radius 2 is 1.00 bits per heavy atom. The van der Waals surface area contributed by atoms with E-state index in [1.807, 2.05) is 41.5 Å². The van der Waals surface area contributed by atoms with E-state index >= 15 is 19.2 Å². The summed E-state index contributed by atoms with van der Waals surface area (Å²) in [5.41, 5.74) is -1.04. The highest BCUT2D eigenvalue weighted by Crippen LogP contribution is 2.25. The Morgan fingerprint density at radius 3 is 1.51 bits per heavy atom. The molecule has 27 heteroatoms. The van der Waals surface area contributed by atoms with Gasteiger partial charge in [-0.15, -0.1) is 0 Å². The first-order valence-electron chi connectivity index (χ1n) is 35.5. The lowest BCUT2D eigenvalue weighted by atomic mass is 9.92. The van der Waals surface area contributed by atoms with Gasteiger partial charge in [0.1, 0.15) is 66.5 Å². The Kier molecular flexibility index (Phi) is 36.6. The quantitative estimate of drug-likeness (QED) is 0.0605. The number of hydrogen-bond donors (Lipinski definition) is 7. The summed E-state index contributed by atoms with van der Waals surface area (Å²) in [5, 5.41) is 36.4. The molecule has 0 aromatic carbocycles. The van der Waals surface area contributed by atoms with Gasteiger partial charge < -0.3 is 75.7 Å². The molecule has 2 aliphatic rings. The van der Waals surface area contributed by atoms with E-state index in [-0.39, 0.29) is 62.9 Å². The number of hydrogen-bond acceptors (Lipinski definition) is 16. The van der Waals surface area contributed by atoms with E-state index < -0.39 is 167 Å². The van der Waals surface area contributed by atoms with E-state index in [1.165, 1.54) is 82.7 Å². The van der Waals surface area contributed by atoms with Gasteiger partial charge in [-0.25, -0.2) is 0 Å². The zero-order valence-electron chi connectivity index (χ0n) is 63.9. The summed E-state index contributed by atoms with van der Waals surface area (Å²) in [6.45, 7) is 34.3. The number of rotatable bonds is 22. The molecule has 0 saturated carbocycles. The average molecular weight is 1390 g/mol. The fourth-order valence-electron chi connectivity index (χ4n) is 12.3. The molecule has 0 bridgehead atoms. The summed E-state index contributed by atoms with van der Waals surface area (Å²) in [6.07, 6.45) is 3.01. The van der Waals surface area contributed by atoms with E-state index in [4.69, 9.17) is 9.47 Å². The van der Waals surface area contributed by atoms with Crippen LogP contribution in [0.2, 0.25) is 0 Å². The molecule has 14 atom stereocenters. The highest BCUT2D eigenvalue weighted by atomic mass is 16.5. The number of carbonyl (C=O) groups is 11. The molecular formula is C71H128N12O15. The van der Waals surface area contributed by atoms with Crippen LogP contribution in [0.25, 0.3) is 0 Å². The van der Waals surface area contributed by atoms with Crippen LogP contribution in [-0.4, -0.2) is 276 Å². The van der Waals surface area contributed by atoms with E-state index in [9.17, 15) is 43.8 Å². The van der Waals surface area contributed by atoms with Gasteiger partial charge in [0.05, 0.1) is 31.0 Å². The van der Waals surface area contributed by atoms with Gasteiger partial charge in [-0.1, -0.05) is 95.2 Å². The lowest BCUT2D eigenvalue weighted by Crippen LogP contribution is -2.64. The summed E-state index contributed by atoms with van der Waals surface area (Å²) in [7, 11) is 8.46. The number of ether oxygens (including phenoxy) is 2. The zero-order valence-corrected chi connectivity index (χ0v) is 63.9. The van der Waals surface area contributed by atoms with Crippen molar-refractivity contribution in [3.05, 3.63) is 12.2 Å². The fraction of sp³-hybridized carbons (Fsp3) is 0.817. The number of aliphatic hydroxyl groups is 2. The standard InChI is InChI=1S/C71H128N12O15/c1-25-51-67(92)77(19)49(15)66(91)82(24)58(50(16)98-35-29-28-32-83-33-36-97-37-34-83)64(89)75-55(44(8)9)70(95)78(20)52(38-41(2)3)61(86)72-47(13)60(85)73-48(14)65(90)79(21)53(39-42(4)5)68(93)80(22)54(40-43(6)7)69(94)81(23)57(45(10)11)63(88)76-56(62(87)74-51)59(84)46(12)30-26-27-31-71(17,18)96/h26-27,41-59,84,96H,25,28-40H2,1-24H3,(H,72,86)(H,73,85)(H,74,87)(H,75,89)(H,76,88)/b27-26+/t46-,47+,48-,49-,50-,51+,52+,53+,54+,55+,56+,57+,58+,59-/m1/s1. The number of carbonyl (C=O) groups excluding carboxylic acids is 11. The molecule has 7 N–H and O–H groups in total. The molecule has 2 saturated heterocycles. The van der Waals surface area contributed by atoms with Crippen molar-refractivity contribution in [3.8, 4) is 0 Å². The lowest BCUT2D eigenvalue weighted by Gasteiger charge is -2.40. The van der Waals surface area contributed by atoms with E-state index in [1.54, 1.807) is 74.5 Å². The molecule has 0 aromatic heterocycles. The Bertz CT molecular complexity index is 2660. The van der Waals surface area contributed by atoms with Crippen molar-refractivity contribution in [2.75, 3.05) is 81.7 Å². The zero-order chi connectivity index (χ0) is 75.1. The Morgan fingerprint density at radius 1 is 0.520 bits per heavy atom. The van der Waals surface area contributed by atoms with Crippen molar-refractivity contribution in [2.24, 2.45) is 35.5 Å². The summed E-state index contributed by atoms with van der Waals surface area (Å²) < 4.78 is 11.9. The topological polar surface area (TPSA) is 330 Å². The van der Waals surface area contributed by atoms with Crippen LogP contribution >= 0.6 is 0 Å². The number of likely N-dealkylation sites (N-methyl/N-ethyl adjacent to an activating group) is 6. The number of aliphatic hydroxyl groups excluding tert-OH is 1.